The number of amides is 1. The number of carbonyl (C=O) groups is 1. The van der Waals surface area contributed by atoms with Crippen molar-refractivity contribution in [3.8, 4) is 0 Å². The molecule has 2 aliphatic heterocycles. The maximum absolute atomic E-state index is 12.4. The van der Waals surface area contributed by atoms with Crippen LogP contribution in [0.4, 0.5) is 6.01 Å². The van der Waals surface area contributed by atoms with Crippen LogP contribution in [0, 0.1) is 11.8 Å². The van der Waals surface area contributed by atoms with Crippen molar-refractivity contribution in [3.05, 3.63) is 23.2 Å². The number of halogens is 1. The number of aromatic nitrogens is 1. The molecule has 2 saturated heterocycles. The van der Waals surface area contributed by atoms with Gasteiger partial charge in [0.1, 0.15) is 5.52 Å². The topological polar surface area (TPSA) is 58.8 Å². The van der Waals surface area contributed by atoms with Crippen LogP contribution in [0.2, 0.25) is 5.02 Å². The standard InChI is InChI=1S/C19H24ClN3O3/c1-22(18(24)14-6-9-25-12-14)11-13-4-7-23(8-5-13)19-21-16-3-2-15(20)10-17(16)26-19/h2-3,10,13-14H,4-9,11-12H2,1H3. The number of hydrogen-bond acceptors (Lipinski definition) is 5. The number of hydrogen-bond donors (Lipinski definition) is 0. The minimum absolute atomic E-state index is 0.0478. The molecule has 1 atom stereocenters. The summed E-state index contributed by atoms with van der Waals surface area (Å²) in [5.41, 5.74) is 1.55. The number of carbonyl (C=O) groups excluding carboxylic acids is 1. The summed E-state index contributed by atoms with van der Waals surface area (Å²) in [6, 6.07) is 6.16. The Kier molecular flexibility index (Phi) is 5.05. The fraction of sp³-hybridized carbons (Fsp3) is 0.579. The van der Waals surface area contributed by atoms with Gasteiger partial charge in [0.05, 0.1) is 12.5 Å². The van der Waals surface area contributed by atoms with Crippen molar-refractivity contribution in [2.75, 3.05) is 44.8 Å². The summed E-state index contributed by atoms with van der Waals surface area (Å²) in [7, 11) is 1.91. The maximum Gasteiger partial charge on any atom is 0.298 e. The SMILES string of the molecule is CN(CC1CCN(c2nc3ccc(Cl)cc3o2)CC1)C(=O)C1CCOC1. The smallest absolute Gasteiger partial charge is 0.298 e. The van der Waals surface area contributed by atoms with E-state index in [1.165, 1.54) is 0 Å². The number of fused-ring (bicyclic) bond motifs is 1. The number of ether oxygens (including phenoxy) is 1. The summed E-state index contributed by atoms with van der Waals surface area (Å²) in [6.45, 7) is 3.87. The lowest BCUT2D eigenvalue weighted by Gasteiger charge is -2.33. The number of oxazole rings is 1. The van der Waals surface area contributed by atoms with Crippen molar-refractivity contribution in [2.24, 2.45) is 11.8 Å². The van der Waals surface area contributed by atoms with Gasteiger partial charge in [0, 0.05) is 44.4 Å². The van der Waals surface area contributed by atoms with Gasteiger partial charge in [-0.25, -0.2) is 0 Å². The van der Waals surface area contributed by atoms with Gasteiger partial charge in [0.2, 0.25) is 5.91 Å². The number of nitrogens with zero attached hydrogens (tertiary/aromatic N) is 3. The molecule has 6 nitrogen and oxygen atoms in total. The number of benzene rings is 1. The van der Waals surface area contributed by atoms with E-state index in [4.69, 9.17) is 20.8 Å². The van der Waals surface area contributed by atoms with E-state index in [0.29, 0.717) is 30.2 Å². The van der Waals surface area contributed by atoms with Crippen LogP contribution < -0.4 is 4.90 Å². The zero-order valence-electron chi connectivity index (χ0n) is 15.0. The third kappa shape index (κ3) is 3.67. The van der Waals surface area contributed by atoms with Gasteiger partial charge < -0.3 is 19.0 Å². The van der Waals surface area contributed by atoms with Crippen LogP contribution in [0.15, 0.2) is 22.6 Å². The molecule has 0 spiro atoms. The average molecular weight is 378 g/mol. The van der Waals surface area contributed by atoms with Gasteiger partial charge in [-0.3, -0.25) is 4.79 Å². The Morgan fingerprint density at radius 2 is 2.15 bits per heavy atom. The first-order valence-corrected chi connectivity index (χ1v) is 9.61. The molecule has 2 fully saturated rings. The Bertz CT molecular complexity index is 779. The minimum Gasteiger partial charge on any atom is -0.423 e. The lowest BCUT2D eigenvalue weighted by atomic mass is 9.96. The molecule has 2 aromatic rings. The highest BCUT2D eigenvalue weighted by molar-refractivity contribution is 6.31. The summed E-state index contributed by atoms with van der Waals surface area (Å²) in [5, 5.41) is 0.652. The van der Waals surface area contributed by atoms with Crippen molar-refractivity contribution in [1.82, 2.24) is 9.88 Å². The van der Waals surface area contributed by atoms with Crippen LogP contribution in [-0.4, -0.2) is 55.7 Å². The molecule has 0 N–H and O–H groups in total. The second-order valence-electron chi connectivity index (χ2n) is 7.32. The molecule has 0 bridgehead atoms. The zero-order chi connectivity index (χ0) is 18.1. The zero-order valence-corrected chi connectivity index (χ0v) is 15.7. The minimum atomic E-state index is 0.0478. The second-order valence-corrected chi connectivity index (χ2v) is 7.75. The van der Waals surface area contributed by atoms with E-state index in [2.05, 4.69) is 9.88 Å². The fourth-order valence-corrected chi connectivity index (χ4v) is 4.01. The third-order valence-corrected chi connectivity index (χ3v) is 5.65. The molecule has 1 aromatic carbocycles. The first-order valence-electron chi connectivity index (χ1n) is 9.24. The van der Waals surface area contributed by atoms with E-state index < -0.39 is 0 Å². The van der Waals surface area contributed by atoms with E-state index >= 15 is 0 Å². The predicted molar refractivity (Wildman–Crippen MR) is 101 cm³/mol. The molecule has 26 heavy (non-hydrogen) atoms. The van der Waals surface area contributed by atoms with Gasteiger partial charge in [-0.1, -0.05) is 11.6 Å². The quantitative estimate of drug-likeness (QED) is 0.818. The number of anilines is 1. The van der Waals surface area contributed by atoms with E-state index in [1.54, 1.807) is 6.07 Å². The van der Waals surface area contributed by atoms with Gasteiger partial charge in [-0.2, -0.15) is 4.98 Å². The van der Waals surface area contributed by atoms with E-state index in [0.717, 1.165) is 50.0 Å². The largest absolute Gasteiger partial charge is 0.423 e. The Morgan fingerprint density at radius 1 is 1.35 bits per heavy atom. The van der Waals surface area contributed by atoms with Crippen molar-refractivity contribution < 1.29 is 13.9 Å². The van der Waals surface area contributed by atoms with Crippen molar-refractivity contribution in [3.63, 3.8) is 0 Å². The van der Waals surface area contributed by atoms with Crippen LogP contribution in [0.5, 0.6) is 0 Å². The average Bonchev–Trinajstić information content (AvgIpc) is 3.31. The highest BCUT2D eigenvalue weighted by Gasteiger charge is 2.29. The molecule has 140 valence electrons. The predicted octanol–water partition coefficient (Wildman–Crippen LogP) is 3.19. The van der Waals surface area contributed by atoms with Gasteiger partial charge >= 0.3 is 0 Å². The summed E-state index contributed by atoms with van der Waals surface area (Å²) >= 11 is 6.01. The summed E-state index contributed by atoms with van der Waals surface area (Å²) < 4.78 is 11.2. The van der Waals surface area contributed by atoms with Crippen molar-refractivity contribution >= 4 is 34.6 Å². The first-order chi connectivity index (χ1) is 12.6. The Balaban J connectivity index is 1.32. The number of rotatable bonds is 4. The molecule has 0 aliphatic carbocycles. The molecule has 1 aromatic heterocycles. The molecule has 4 rings (SSSR count). The highest BCUT2D eigenvalue weighted by atomic mass is 35.5. The van der Waals surface area contributed by atoms with Crippen LogP contribution in [0.3, 0.4) is 0 Å². The molecular weight excluding hydrogens is 354 g/mol. The highest BCUT2D eigenvalue weighted by Crippen LogP contribution is 2.28. The van der Waals surface area contributed by atoms with E-state index in [-0.39, 0.29) is 11.8 Å². The van der Waals surface area contributed by atoms with Gasteiger partial charge in [0.25, 0.3) is 6.01 Å². The van der Waals surface area contributed by atoms with E-state index in [9.17, 15) is 4.79 Å². The van der Waals surface area contributed by atoms with Crippen molar-refractivity contribution in [1.29, 1.82) is 0 Å². The molecular formula is C19H24ClN3O3. The third-order valence-electron chi connectivity index (χ3n) is 5.41. The fourth-order valence-electron chi connectivity index (χ4n) is 3.85. The molecule has 1 unspecified atom stereocenters. The molecule has 1 amide bonds. The lowest BCUT2D eigenvalue weighted by molar-refractivity contribution is -0.134. The van der Waals surface area contributed by atoms with Gasteiger partial charge in [0.15, 0.2) is 5.58 Å². The maximum atomic E-state index is 12.4. The van der Waals surface area contributed by atoms with Crippen LogP contribution in [0.25, 0.3) is 11.1 Å². The molecule has 3 heterocycles. The second kappa shape index (κ2) is 7.45. The summed E-state index contributed by atoms with van der Waals surface area (Å²) in [4.78, 5) is 21.1. The first kappa shape index (κ1) is 17.6. The van der Waals surface area contributed by atoms with Crippen molar-refractivity contribution in [2.45, 2.75) is 19.3 Å². The van der Waals surface area contributed by atoms with Crippen LogP contribution in [-0.2, 0) is 9.53 Å². The molecule has 0 radical (unpaired) electrons. The summed E-state index contributed by atoms with van der Waals surface area (Å²) in [6.07, 6.45) is 2.90. The molecule has 7 heteroatoms. The Labute approximate surface area is 158 Å². The van der Waals surface area contributed by atoms with Crippen LogP contribution >= 0.6 is 11.6 Å². The molecule has 0 saturated carbocycles. The Morgan fingerprint density at radius 3 is 2.88 bits per heavy atom. The van der Waals surface area contributed by atoms with Gasteiger partial charge in [-0.15, -0.1) is 0 Å². The Hall–Kier alpha value is -1.79. The molecule has 2 aliphatic rings. The summed E-state index contributed by atoms with van der Waals surface area (Å²) in [5.74, 6) is 0.786. The van der Waals surface area contributed by atoms with Crippen LogP contribution in [0.1, 0.15) is 19.3 Å². The lowest BCUT2D eigenvalue weighted by Crippen LogP contribution is -2.41. The van der Waals surface area contributed by atoms with E-state index in [1.807, 2.05) is 24.1 Å². The number of piperidine rings is 1. The van der Waals surface area contributed by atoms with Gasteiger partial charge in [-0.05, 0) is 37.3 Å². The monoisotopic (exact) mass is 377 g/mol. The normalized spacial score (nSPS) is 21.5.